The van der Waals surface area contributed by atoms with E-state index in [1.165, 1.54) is 0 Å². The predicted molar refractivity (Wildman–Crippen MR) is 89.7 cm³/mol. The largest absolute Gasteiger partial charge is 0.383 e. The van der Waals surface area contributed by atoms with E-state index < -0.39 is 0 Å². The van der Waals surface area contributed by atoms with Crippen LogP contribution in [0.25, 0.3) is 0 Å². The lowest BCUT2D eigenvalue weighted by Gasteiger charge is -2.18. The van der Waals surface area contributed by atoms with Crippen LogP contribution < -0.4 is 11.1 Å². The first-order valence-corrected chi connectivity index (χ1v) is 7.48. The van der Waals surface area contributed by atoms with Gasteiger partial charge in [0, 0.05) is 42.6 Å². The number of nitrogens with zero attached hydrogens (tertiary/aromatic N) is 2. The summed E-state index contributed by atoms with van der Waals surface area (Å²) in [6, 6.07) is 11.3. The maximum atomic E-state index is 12.2. The SMILES string of the molecule is CCN(CC)C(=O)c1ccc(NCc2cccnc2N)cc1. The summed E-state index contributed by atoms with van der Waals surface area (Å²) in [5.41, 5.74) is 8.41. The van der Waals surface area contributed by atoms with E-state index in [1.807, 2.05) is 50.2 Å². The molecule has 0 unspecified atom stereocenters. The maximum absolute atomic E-state index is 12.2. The number of rotatable bonds is 6. The molecule has 2 aromatic rings. The second-order valence-electron chi connectivity index (χ2n) is 4.96. The molecule has 0 saturated heterocycles. The Kier molecular flexibility index (Phi) is 5.36. The first-order chi connectivity index (χ1) is 10.7. The molecule has 116 valence electrons. The molecule has 0 bridgehead atoms. The van der Waals surface area contributed by atoms with E-state index in [0.717, 1.165) is 24.3 Å². The van der Waals surface area contributed by atoms with Crippen LogP contribution in [0.3, 0.4) is 0 Å². The molecule has 0 aliphatic rings. The summed E-state index contributed by atoms with van der Waals surface area (Å²) in [6.07, 6.45) is 1.67. The van der Waals surface area contributed by atoms with Gasteiger partial charge in [-0.1, -0.05) is 6.07 Å². The topological polar surface area (TPSA) is 71.2 Å². The van der Waals surface area contributed by atoms with Crippen LogP contribution in [-0.4, -0.2) is 28.9 Å². The highest BCUT2D eigenvalue weighted by Gasteiger charge is 2.11. The van der Waals surface area contributed by atoms with Crippen LogP contribution in [0.2, 0.25) is 0 Å². The number of aromatic nitrogens is 1. The zero-order chi connectivity index (χ0) is 15.9. The molecule has 0 radical (unpaired) electrons. The van der Waals surface area contributed by atoms with E-state index in [1.54, 1.807) is 11.1 Å². The normalized spacial score (nSPS) is 10.3. The average Bonchev–Trinajstić information content (AvgIpc) is 2.55. The summed E-state index contributed by atoms with van der Waals surface area (Å²) >= 11 is 0. The minimum Gasteiger partial charge on any atom is -0.383 e. The van der Waals surface area contributed by atoms with Crippen molar-refractivity contribution in [1.82, 2.24) is 9.88 Å². The monoisotopic (exact) mass is 298 g/mol. The Labute approximate surface area is 131 Å². The van der Waals surface area contributed by atoms with Crippen molar-refractivity contribution in [3.05, 3.63) is 53.7 Å². The van der Waals surface area contributed by atoms with Gasteiger partial charge in [0.25, 0.3) is 5.91 Å². The fourth-order valence-electron chi connectivity index (χ4n) is 2.22. The summed E-state index contributed by atoms with van der Waals surface area (Å²) in [4.78, 5) is 18.1. The third kappa shape index (κ3) is 3.75. The minimum atomic E-state index is 0.0630. The lowest BCUT2D eigenvalue weighted by atomic mass is 10.1. The Balaban J connectivity index is 2.00. The average molecular weight is 298 g/mol. The summed E-state index contributed by atoms with van der Waals surface area (Å²) in [6.45, 7) is 6.00. The van der Waals surface area contributed by atoms with Crippen LogP contribution in [0, 0.1) is 0 Å². The van der Waals surface area contributed by atoms with Gasteiger partial charge in [0.15, 0.2) is 0 Å². The molecule has 2 rings (SSSR count). The molecule has 22 heavy (non-hydrogen) atoms. The van der Waals surface area contributed by atoms with Gasteiger partial charge < -0.3 is 16.0 Å². The van der Waals surface area contributed by atoms with E-state index in [-0.39, 0.29) is 5.91 Å². The summed E-state index contributed by atoms with van der Waals surface area (Å²) in [5.74, 6) is 0.594. The van der Waals surface area contributed by atoms with Crippen LogP contribution in [0.4, 0.5) is 11.5 Å². The van der Waals surface area contributed by atoms with E-state index in [2.05, 4.69) is 10.3 Å². The van der Waals surface area contributed by atoms with Crippen LogP contribution in [0.15, 0.2) is 42.6 Å². The van der Waals surface area contributed by atoms with Gasteiger partial charge in [-0.25, -0.2) is 4.98 Å². The van der Waals surface area contributed by atoms with E-state index in [4.69, 9.17) is 5.73 Å². The zero-order valence-electron chi connectivity index (χ0n) is 13.0. The first-order valence-electron chi connectivity index (χ1n) is 7.48. The Bertz CT molecular complexity index is 621. The molecular weight excluding hydrogens is 276 g/mol. The highest BCUT2D eigenvalue weighted by molar-refractivity contribution is 5.94. The lowest BCUT2D eigenvalue weighted by molar-refractivity contribution is 0.0773. The van der Waals surface area contributed by atoms with Crippen LogP contribution in [0.1, 0.15) is 29.8 Å². The summed E-state index contributed by atoms with van der Waals surface area (Å²) < 4.78 is 0. The molecule has 1 aromatic heterocycles. The number of nitrogens with two attached hydrogens (primary N) is 1. The Morgan fingerprint density at radius 3 is 2.45 bits per heavy atom. The van der Waals surface area contributed by atoms with Crippen molar-refractivity contribution < 1.29 is 4.79 Å². The van der Waals surface area contributed by atoms with Gasteiger partial charge >= 0.3 is 0 Å². The summed E-state index contributed by atoms with van der Waals surface area (Å²) in [7, 11) is 0. The molecule has 1 heterocycles. The molecule has 0 atom stereocenters. The fourth-order valence-corrected chi connectivity index (χ4v) is 2.22. The molecule has 0 aliphatic carbocycles. The van der Waals surface area contributed by atoms with Gasteiger partial charge in [0.1, 0.15) is 5.82 Å². The maximum Gasteiger partial charge on any atom is 0.253 e. The van der Waals surface area contributed by atoms with Gasteiger partial charge in [-0.3, -0.25) is 4.79 Å². The third-order valence-electron chi connectivity index (χ3n) is 3.59. The predicted octanol–water partition coefficient (Wildman–Crippen LogP) is 2.76. The van der Waals surface area contributed by atoms with E-state index >= 15 is 0 Å². The number of nitrogens with one attached hydrogen (secondary N) is 1. The van der Waals surface area contributed by atoms with Crippen molar-refractivity contribution in [2.75, 3.05) is 24.1 Å². The van der Waals surface area contributed by atoms with Crippen molar-refractivity contribution in [2.45, 2.75) is 20.4 Å². The minimum absolute atomic E-state index is 0.0630. The molecule has 0 saturated carbocycles. The van der Waals surface area contributed by atoms with Gasteiger partial charge in [-0.15, -0.1) is 0 Å². The van der Waals surface area contributed by atoms with Crippen molar-refractivity contribution >= 4 is 17.4 Å². The number of pyridine rings is 1. The fraction of sp³-hybridized carbons (Fsp3) is 0.294. The zero-order valence-corrected chi connectivity index (χ0v) is 13.0. The molecule has 0 spiro atoms. The molecular formula is C17H22N4O. The van der Waals surface area contributed by atoms with Crippen LogP contribution >= 0.6 is 0 Å². The number of hydrogen-bond donors (Lipinski definition) is 2. The molecule has 5 heteroatoms. The number of carbonyl (C=O) groups is 1. The summed E-state index contributed by atoms with van der Waals surface area (Å²) in [5, 5.41) is 3.28. The van der Waals surface area contributed by atoms with E-state index in [0.29, 0.717) is 17.9 Å². The number of benzene rings is 1. The number of carbonyl (C=O) groups excluding carboxylic acids is 1. The van der Waals surface area contributed by atoms with Crippen molar-refractivity contribution in [3.63, 3.8) is 0 Å². The number of nitrogen functional groups attached to an aromatic ring is 1. The van der Waals surface area contributed by atoms with Gasteiger partial charge in [0.05, 0.1) is 0 Å². The van der Waals surface area contributed by atoms with Gasteiger partial charge in [-0.05, 0) is 44.2 Å². The quantitative estimate of drug-likeness (QED) is 0.860. The Morgan fingerprint density at radius 1 is 1.18 bits per heavy atom. The Hall–Kier alpha value is -2.56. The van der Waals surface area contributed by atoms with Crippen molar-refractivity contribution in [2.24, 2.45) is 0 Å². The first kappa shape index (κ1) is 15.8. The Morgan fingerprint density at radius 2 is 1.86 bits per heavy atom. The van der Waals surface area contributed by atoms with Crippen LogP contribution in [0.5, 0.6) is 0 Å². The molecule has 0 fully saturated rings. The number of hydrogen-bond acceptors (Lipinski definition) is 4. The highest BCUT2D eigenvalue weighted by Crippen LogP contribution is 2.14. The van der Waals surface area contributed by atoms with Crippen molar-refractivity contribution in [1.29, 1.82) is 0 Å². The molecule has 3 N–H and O–H groups in total. The molecule has 5 nitrogen and oxygen atoms in total. The number of anilines is 2. The second-order valence-corrected chi connectivity index (χ2v) is 4.96. The number of amides is 1. The third-order valence-corrected chi connectivity index (χ3v) is 3.59. The van der Waals surface area contributed by atoms with Crippen LogP contribution in [-0.2, 0) is 6.54 Å². The van der Waals surface area contributed by atoms with Gasteiger partial charge in [-0.2, -0.15) is 0 Å². The second kappa shape index (κ2) is 7.45. The molecule has 1 aromatic carbocycles. The standard InChI is InChI=1S/C17H22N4O/c1-3-21(4-2)17(22)13-7-9-15(10-8-13)20-12-14-6-5-11-19-16(14)18/h5-11,20H,3-4,12H2,1-2H3,(H2,18,19). The van der Waals surface area contributed by atoms with Crippen molar-refractivity contribution in [3.8, 4) is 0 Å². The lowest BCUT2D eigenvalue weighted by Crippen LogP contribution is -2.30. The highest BCUT2D eigenvalue weighted by atomic mass is 16.2. The van der Waals surface area contributed by atoms with Gasteiger partial charge in [0.2, 0.25) is 0 Å². The van der Waals surface area contributed by atoms with E-state index in [9.17, 15) is 4.79 Å². The molecule has 0 aliphatic heterocycles. The molecule has 1 amide bonds. The smallest absolute Gasteiger partial charge is 0.253 e.